The van der Waals surface area contributed by atoms with Crippen molar-refractivity contribution < 1.29 is 14.3 Å². The number of nitrogens with zero attached hydrogens (tertiary/aromatic N) is 3. The number of amides is 1. The number of aromatic nitrogens is 2. The Labute approximate surface area is 139 Å². The first-order chi connectivity index (χ1) is 11.1. The molecule has 0 saturated carbocycles. The van der Waals surface area contributed by atoms with E-state index in [9.17, 15) is 9.59 Å². The van der Waals surface area contributed by atoms with E-state index in [1.54, 1.807) is 34.7 Å². The molecule has 0 aromatic carbocycles. The van der Waals surface area contributed by atoms with Gasteiger partial charge in [0.2, 0.25) is 0 Å². The smallest absolute Gasteiger partial charge is 0.343 e. The number of fused-ring (bicyclic) bond motifs is 1. The molecule has 0 unspecified atom stereocenters. The molecule has 1 amide bonds. The quantitative estimate of drug-likeness (QED) is 0.600. The number of rotatable bonds is 6. The van der Waals surface area contributed by atoms with Crippen LogP contribution in [-0.4, -0.2) is 52.3 Å². The number of esters is 1. The van der Waals surface area contributed by atoms with Crippen molar-refractivity contribution in [2.24, 2.45) is 0 Å². The topological polar surface area (TPSA) is 63.9 Å². The highest BCUT2D eigenvalue weighted by molar-refractivity contribution is 7.98. The normalized spacial score (nSPS) is 10.8. The van der Waals surface area contributed by atoms with E-state index in [1.807, 2.05) is 20.1 Å². The molecule has 6 nitrogen and oxygen atoms in total. The summed E-state index contributed by atoms with van der Waals surface area (Å²) in [6, 6.07) is 3.47. The zero-order chi connectivity index (χ0) is 17.0. The van der Waals surface area contributed by atoms with Gasteiger partial charge in [-0.1, -0.05) is 0 Å². The van der Waals surface area contributed by atoms with E-state index in [0.717, 1.165) is 0 Å². The van der Waals surface area contributed by atoms with Crippen LogP contribution in [0.4, 0.5) is 0 Å². The zero-order valence-corrected chi connectivity index (χ0v) is 14.6. The molecule has 0 atom stereocenters. The van der Waals surface area contributed by atoms with Crippen LogP contribution in [0.3, 0.4) is 0 Å². The van der Waals surface area contributed by atoms with Crippen molar-refractivity contribution in [3.8, 4) is 0 Å². The largest absolute Gasteiger partial charge is 0.462 e. The first kappa shape index (κ1) is 17.3. The molecule has 0 spiro atoms. The van der Waals surface area contributed by atoms with Crippen molar-refractivity contribution >= 4 is 29.2 Å². The number of carbonyl (C=O) groups excluding carboxylic acids is 2. The van der Waals surface area contributed by atoms with E-state index in [2.05, 4.69) is 5.10 Å². The minimum atomic E-state index is -0.394. The van der Waals surface area contributed by atoms with Crippen LogP contribution >= 0.6 is 11.8 Å². The molecule has 0 N–H and O–H groups in total. The van der Waals surface area contributed by atoms with Gasteiger partial charge in [0.05, 0.1) is 17.7 Å². The number of hydrogen-bond donors (Lipinski definition) is 0. The maximum Gasteiger partial charge on any atom is 0.343 e. The highest BCUT2D eigenvalue weighted by Gasteiger charge is 2.22. The Bertz CT molecular complexity index is 723. The van der Waals surface area contributed by atoms with Crippen molar-refractivity contribution in [2.45, 2.75) is 25.8 Å². The fourth-order valence-corrected chi connectivity index (χ4v) is 2.95. The second kappa shape index (κ2) is 7.50. The zero-order valence-electron chi connectivity index (χ0n) is 13.8. The Balaban J connectivity index is 2.49. The van der Waals surface area contributed by atoms with Gasteiger partial charge < -0.3 is 9.64 Å². The van der Waals surface area contributed by atoms with Crippen LogP contribution in [0.5, 0.6) is 0 Å². The summed E-state index contributed by atoms with van der Waals surface area (Å²) in [5.41, 5.74) is 1.64. The van der Waals surface area contributed by atoms with E-state index < -0.39 is 5.97 Å². The summed E-state index contributed by atoms with van der Waals surface area (Å²) in [5.74, 6) is -0.439. The lowest BCUT2D eigenvalue weighted by atomic mass is 10.2. The minimum absolute atomic E-state index is 0.0456. The summed E-state index contributed by atoms with van der Waals surface area (Å²) < 4.78 is 6.69. The Kier molecular flexibility index (Phi) is 5.65. The van der Waals surface area contributed by atoms with Crippen LogP contribution in [0, 0.1) is 0 Å². The molecule has 0 aliphatic heterocycles. The van der Waals surface area contributed by atoms with Crippen LogP contribution < -0.4 is 0 Å². The number of thioether (sulfide) groups is 1. The highest BCUT2D eigenvalue weighted by atomic mass is 32.2. The summed E-state index contributed by atoms with van der Waals surface area (Å²) in [5, 5.41) is 4.99. The van der Waals surface area contributed by atoms with Gasteiger partial charge in [0.15, 0.2) is 0 Å². The van der Waals surface area contributed by atoms with Crippen LogP contribution in [0.15, 0.2) is 23.4 Å². The fraction of sp³-hybridized carbons (Fsp3) is 0.438. The number of ether oxygens (including phenoxy) is 1. The van der Waals surface area contributed by atoms with Crippen LogP contribution in [0.1, 0.15) is 41.5 Å². The Morgan fingerprint density at radius 1 is 1.26 bits per heavy atom. The van der Waals surface area contributed by atoms with Crippen LogP contribution in [0.25, 0.3) is 5.52 Å². The molecular formula is C16H21N3O3S. The van der Waals surface area contributed by atoms with E-state index in [0.29, 0.717) is 41.4 Å². The summed E-state index contributed by atoms with van der Waals surface area (Å²) in [7, 11) is 0. The third-order valence-corrected chi connectivity index (χ3v) is 4.24. The van der Waals surface area contributed by atoms with Crippen molar-refractivity contribution in [1.29, 1.82) is 0 Å². The van der Waals surface area contributed by atoms with Gasteiger partial charge in [0, 0.05) is 19.3 Å². The summed E-state index contributed by atoms with van der Waals surface area (Å²) in [6.07, 6.45) is 3.52. The maximum atomic E-state index is 12.4. The van der Waals surface area contributed by atoms with Crippen molar-refractivity contribution in [3.05, 3.63) is 29.5 Å². The lowest BCUT2D eigenvalue weighted by Gasteiger charge is -2.18. The van der Waals surface area contributed by atoms with Gasteiger partial charge in [-0.2, -0.15) is 5.10 Å². The van der Waals surface area contributed by atoms with Gasteiger partial charge in [-0.05, 0) is 39.2 Å². The Morgan fingerprint density at radius 3 is 2.52 bits per heavy atom. The van der Waals surface area contributed by atoms with E-state index in [-0.39, 0.29) is 5.91 Å². The highest BCUT2D eigenvalue weighted by Crippen LogP contribution is 2.25. The molecule has 2 aromatic heterocycles. The standard InChI is InChI=1S/C16H21N3O3S/c1-5-18(6-2)15(20)11-8-9-12-13(16(21)22-7-3)14(23-4)17-19(12)10-11/h8-10H,5-7H2,1-4H3. The summed E-state index contributed by atoms with van der Waals surface area (Å²) in [6.45, 7) is 7.26. The molecule has 2 heterocycles. The lowest BCUT2D eigenvalue weighted by Crippen LogP contribution is -2.30. The van der Waals surface area contributed by atoms with Crippen molar-refractivity contribution in [3.63, 3.8) is 0 Å². The van der Waals surface area contributed by atoms with Gasteiger partial charge >= 0.3 is 5.97 Å². The molecule has 0 aliphatic carbocycles. The molecule has 0 bridgehead atoms. The number of hydrogen-bond acceptors (Lipinski definition) is 5. The molecule has 0 fully saturated rings. The lowest BCUT2D eigenvalue weighted by molar-refractivity contribution is 0.0524. The van der Waals surface area contributed by atoms with Crippen molar-refractivity contribution in [2.75, 3.05) is 26.0 Å². The van der Waals surface area contributed by atoms with E-state index >= 15 is 0 Å². The van der Waals surface area contributed by atoms with Crippen LogP contribution in [-0.2, 0) is 4.74 Å². The molecule has 0 saturated heterocycles. The Morgan fingerprint density at radius 2 is 1.96 bits per heavy atom. The maximum absolute atomic E-state index is 12.4. The van der Waals surface area contributed by atoms with E-state index in [4.69, 9.17) is 4.74 Å². The predicted molar refractivity (Wildman–Crippen MR) is 90.2 cm³/mol. The molecular weight excluding hydrogens is 314 g/mol. The SMILES string of the molecule is CCOC(=O)c1c(SC)nn2cc(C(=O)N(CC)CC)ccc12. The average molecular weight is 335 g/mol. The molecule has 124 valence electrons. The predicted octanol–water partition coefficient (Wildman–Crippen LogP) is 2.71. The first-order valence-electron chi connectivity index (χ1n) is 7.60. The van der Waals surface area contributed by atoms with Gasteiger partial charge in [-0.3, -0.25) is 4.79 Å². The molecule has 23 heavy (non-hydrogen) atoms. The fourth-order valence-electron chi connectivity index (χ4n) is 2.39. The van der Waals surface area contributed by atoms with E-state index in [1.165, 1.54) is 11.8 Å². The van der Waals surface area contributed by atoms with Gasteiger partial charge in [-0.25, -0.2) is 9.31 Å². The van der Waals surface area contributed by atoms with Gasteiger partial charge in [0.1, 0.15) is 10.6 Å². The molecule has 0 radical (unpaired) electrons. The minimum Gasteiger partial charge on any atom is -0.462 e. The average Bonchev–Trinajstić information content (AvgIpc) is 2.93. The number of carbonyl (C=O) groups is 2. The first-order valence-corrected chi connectivity index (χ1v) is 8.82. The van der Waals surface area contributed by atoms with Crippen molar-refractivity contribution in [1.82, 2.24) is 14.5 Å². The Hall–Kier alpha value is -2.02. The summed E-state index contributed by atoms with van der Waals surface area (Å²) >= 11 is 1.38. The van der Waals surface area contributed by atoms with Gasteiger partial charge in [0.25, 0.3) is 5.91 Å². The second-order valence-corrected chi connectivity index (χ2v) is 5.62. The molecule has 7 heteroatoms. The molecule has 2 rings (SSSR count). The summed E-state index contributed by atoms with van der Waals surface area (Å²) in [4.78, 5) is 26.3. The second-order valence-electron chi connectivity index (χ2n) is 4.83. The molecule has 2 aromatic rings. The van der Waals surface area contributed by atoms with Gasteiger partial charge in [-0.15, -0.1) is 11.8 Å². The molecule has 0 aliphatic rings. The third-order valence-electron chi connectivity index (χ3n) is 3.57. The third kappa shape index (κ3) is 3.34. The number of pyridine rings is 1. The van der Waals surface area contributed by atoms with Crippen LogP contribution in [0.2, 0.25) is 0 Å². The monoisotopic (exact) mass is 335 g/mol.